The van der Waals surface area contributed by atoms with Crippen LogP contribution in [0.2, 0.25) is 0 Å². The van der Waals surface area contributed by atoms with E-state index in [9.17, 15) is 50.8 Å². The van der Waals surface area contributed by atoms with Gasteiger partial charge in [0.1, 0.15) is 79.3 Å². The number of carbonyl (C=O) groups excluding carboxylic acids is 1. The smallest absolute Gasteiger partial charge is 0.217 e. The van der Waals surface area contributed by atoms with Crippen molar-refractivity contribution in [2.24, 2.45) is 17.2 Å². The summed E-state index contributed by atoms with van der Waals surface area (Å²) in [5, 5.41) is 96.1. The highest BCUT2D eigenvalue weighted by molar-refractivity contribution is 5.73. The Morgan fingerprint density at radius 2 is 0.959 bits per heavy atom. The van der Waals surface area contributed by atoms with Gasteiger partial charge < -0.3 is 106 Å². The van der Waals surface area contributed by atoms with Crippen LogP contribution in [0, 0.1) is 0 Å². The van der Waals surface area contributed by atoms with Gasteiger partial charge in [0.2, 0.25) is 5.91 Å². The minimum atomic E-state index is -1.72. The molecule has 49 heavy (non-hydrogen) atoms. The van der Waals surface area contributed by atoms with Gasteiger partial charge in [-0.05, 0) is 0 Å². The first-order valence-corrected chi connectivity index (χ1v) is 15.7. The monoisotopic (exact) mass is 718 g/mol. The van der Waals surface area contributed by atoms with E-state index in [-0.39, 0.29) is 0 Å². The standard InChI is InChI=1S/C27H50N4O18/c1-7(36)31-15-19(40)23(48-25-13(29)17(38)20(42-2)8(3-32)44-25)11(6-35)46-27(15)49-22-10(5-34)45-26(14(30)18(22)39)47-21-9(4-33)43-24(41)12(28)16(21)37/h8-27,32-35,37-41H,3-6,28-30H2,1-2H3,(H,31,36)/t8-,9?,10-,11?,12-,13?,14?,15-,16?,17?,18?,19?,20-,21+,22-,23+,24-,25?,26?,27+/m1/s1. The summed E-state index contributed by atoms with van der Waals surface area (Å²) in [6.07, 6.45) is -23.2. The molecule has 22 nitrogen and oxygen atoms in total. The lowest BCUT2D eigenvalue weighted by atomic mass is 9.93. The molecule has 4 aliphatic rings. The highest BCUT2D eigenvalue weighted by Gasteiger charge is 2.55. The summed E-state index contributed by atoms with van der Waals surface area (Å²) in [6.45, 7) is -1.75. The Bertz CT molecular complexity index is 1050. The van der Waals surface area contributed by atoms with Gasteiger partial charge in [0, 0.05) is 14.0 Å². The van der Waals surface area contributed by atoms with Crippen LogP contribution in [0.1, 0.15) is 6.92 Å². The topological polar surface area (TPSA) is 363 Å². The van der Waals surface area contributed by atoms with Gasteiger partial charge in [-0.15, -0.1) is 0 Å². The van der Waals surface area contributed by atoms with Crippen molar-refractivity contribution in [3.8, 4) is 0 Å². The predicted octanol–water partition coefficient (Wildman–Crippen LogP) is -9.05. The molecule has 16 N–H and O–H groups in total. The molecule has 22 heteroatoms. The number of ether oxygens (including phenoxy) is 8. The number of aliphatic hydroxyl groups excluding tert-OH is 9. The second-order valence-corrected chi connectivity index (χ2v) is 12.3. The lowest BCUT2D eigenvalue weighted by Crippen LogP contribution is -2.71. The predicted molar refractivity (Wildman–Crippen MR) is 156 cm³/mol. The molecular weight excluding hydrogens is 668 g/mol. The molecule has 4 heterocycles. The van der Waals surface area contributed by atoms with Gasteiger partial charge in [-0.3, -0.25) is 4.79 Å². The molecule has 0 aromatic carbocycles. The van der Waals surface area contributed by atoms with Crippen LogP contribution >= 0.6 is 0 Å². The SMILES string of the molecule is CO[C@H]1C(O)C(N)C(O[C@H]2C(CO)O[C@@H](O[C@H]3C(O)C(N)C(O[C@H]4C(CO)O[C@@H](O)[C@H](N)C4O)O[C@@H]3CO)[C@H](NC(C)=O)C2O)O[C@@H]1CO. The number of carbonyl (C=O) groups is 1. The molecule has 10 unspecified atom stereocenters. The van der Waals surface area contributed by atoms with E-state index >= 15 is 0 Å². The molecule has 4 fully saturated rings. The van der Waals surface area contributed by atoms with Gasteiger partial charge in [-0.1, -0.05) is 0 Å². The lowest BCUT2D eigenvalue weighted by molar-refractivity contribution is -0.360. The Hall–Kier alpha value is -1.33. The van der Waals surface area contributed by atoms with Crippen molar-refractivity contribution >= 4 is 5.91 Å². The van der Waals surface area contributed by atoms with E-state index in [1.165, 1.54) is 7.11 Å². The van der Waals surface area contributed by atoms with Crippen LogP contribution < -0.4 is 22.5 Å². The fourth-order valence-corrected chi connectivity index (χ4v) is 6.35. The van der Waals surface area contributed by atoms with Crippen molar-refractivity contribution in [1.82, 2.24) is 5.32 Å². The summed E-state index contributed by atoms with van der Waals surface area (Å²) in [7, 11) is 1.28. The second kappa shape index (κ2) is 17.5. The molecule has 0 aromatic heterocycles. The number of nitrogens with one attached hydrogen (secondary N) is 1. The highest BCUT2D eigenvalue weighted by Crippen LogP contribution is 2.33. The third-order valence-corrected chi connectivity index (χ3v) is 9.09. The zero-order valence-corrected chi connectivity index (χ0v) is 26.8. The third kappa shape index (κ3) is 8.50. The molecule has 286 valence electrons. The van der Waals surface area contributed by atoms with Gasteiger partial charge in [0.15, 0.2) is 25.2 Å². The van der Waals surface area contributed by atoms with E-state index < -0.39 is 155 Å². The summed E-state index contributed by atoms with van der Waals surface area (Å²) in [5.74, 6) is -0.661. The first kappa shape index (κ1) is 40.4. The van der Waals surface area contributed by atoms with Crippen LogP contribution in [0.3, 0.4) is 0 Å². The summed E-state index contributed by atoms with van der Waals surface area (Å²) in [4.78, 5) is 12.2. The first-order chi connectivity index (χ1) is 23.2. The Labute approximate surface area is 280 Å². The molecule has 0 aromatic rings. The van der Waals surface area contributed by atoms with E-state index in [4.69, 9.17) is 55.1 Å². The van der Waals surface area contributed by atoms with Crippen molar-refractivity contribution in [3.05, 3.63) is 0 Å². The molecule has 1 amide bonds. The highest BCUT2D eigenvalue weighted by atomic mass is 16.8. The van der Waals surface area contributed by atoms with Crippen LogP contribution in [0.15, 0.2) is 0 Å². The molecule has 0 radical (unpaired) electrons. The molecular formula is C27H50N4O18. The molecule has 0 spiro atoms. The summed E-state index contributed by atoms with van der Waals surface area (Å²) in [6, 6.07) is -5.50. The number of nitrogens with two attached hydrogens (primary N) is 3. The molecule has 0 saturated carbocycles. The normalized spacial score (nSPS) is 49.4. The van der Waals surface area contributed by atoms with E-state index in [2.05, 4.69) is 5.32 Å². The Balaban J connectivity index is 1.51. The van der Waals surface area contributed by atoms with E-state index in [1.807, 2.05) is 0 Å². The van der Waals surface area contributed by atoms with Gasteiger partial charge in [0.05, 0.1) is 44.6 Å². The number of amides is 1. The van der Waals surface area contributed by atoms with Crippen molar-refractivity contribution in [3.63, 3.8) is 0 Å². The molecule has 0 aliphatic carbocycles. The lowest BCUT2D eigenvalue weighted by Gasteiger charge is -2.50. The molecule has 20 atom stereocenters. The van der Waals surface area contributed by atoms with Crippen molar-refractivity contribution in [1.29, 1.82) is 0 Å². The average molecular weight is 719 g/mol. The maximum Gasteiger partial charge on any atom is 0.217 e. The minimum Gasteiger partial charge on any atom is -0.394 e. The Morgan fingerprint density at radius 1 is 0.592 bits per heavy atom. The number of hydrogen-bond acceptors (Lipinski definition) is 21. The Morgan fingerprint density at radius 3 is 1.41 bits per heavy atom. The number of aliphatic hydroxyl groups is 9. The zero-order chi connectivity index (χ0) is 36.3. The van der Waals surface area contributed by atoms with Gasteiger partial charge >= 0.3 is 0 Å². The van der Waals surface area contributed by atoms with E-state index in [1.54, 1.807) is 0 Å². The molecule has 4 saturated heterocycles. The number of rotatable bonds is 12. The Kier molecular flexibility index (Phi) is 14.4. The van der Waals surface area contributed by atoms with Gasteiger partial charge in [-0.2, -0.15) is 0 Å². The number of methoxy groups -OCH3 is 1. The van der Waals surface area contributed by atoms with Crippen molar-refractivity contribution < 1.29 is 88.6 Å². The van der Waals surface area contributed by atoms with Crippen LogP contribution in [-0.4, -0.2) is 208 Å². The fourth-order valence-electron chi connectivity index (χ4n) is 6.35. The van der Waals surface area contributed by atoms with E-state index in [0.717, 1.165) is 6.92 Å². The summed E-state index contributed by atoms with van der Waals surface area (Å²) >= 11 is 0. The van der Waals surface area contributed by atoms with Crippen molar-refractivity contribution in [2.45, 2.75) is 129 Å². The molecule has 4 rings (SSSR count). The molecule has 0 bridgehead atoms. The minimum absolute atomic E-state index is 0.584. The maximum atomic E-state index is 12.2. The first-order valence-electron chi connectivity index (χ1n) is 15.7. The van der Waals surface area contributed by atoms with Gasteiger partial charge in [0.25, 0.3) is 0 Å². The summed E-state index contributed by atoms with van der Waals surface area (Å²) in [5.41, 5.74) is 18.1. The van der Waals surface area contributed by atoms with Crippen LogP contribution in [-0.2, 0) is 42.7 Å². The van der Waals surface area contributed by atoms with Crippen LogP contribution in [0.25, 0.3) is 0 Å². The van der Waals surface area contributed by atoms with Gasteiger partial charge in [-0.25, -0.2) is 0 Å². The zero-order valence-electron chi connectivity index (χ0n) is 26.8. The van der Waals surface area contributed by atoms with Crippen molar-refractivity contribution in [2.75, 3.05) is 33.5 Å². The molecule has 4 aliphatic heterocycles. The fraction of sp³-hybridized carbons (Fsp3) is 0.963. The second-order valence-electron chi connectivity index (χ2n) is 12.3. The van der Waals surface area contributed by atoms with Crippen LogP contribution in [0.4, 0.5) is 0 Å². The largest absolute Gasteiger partial charge is 0.394 e. The quantitative estimate of drug-likeness (QED) is 0.0890. The third-order valence-electron chi connectivity index (χ3n) is 9.09. The van der Waals surface area contributed by atoms with Crippen LogP contribution in [0.5, 0.6) is 0 Å². The maximum absolute atomic E-state index is 12.2. The van der Waals surface area contributed by atoms with E-state index in [0.29, 0.717) is 0 Å². The summed E-state index contributed by atoms with van der Waals surface area (Å²) < 4.78 is 45.2. The average Bonchev–Trinajstić information content (AvgIpc) is 3.08. The number of hydrogen-bond donors (Lipinski definition) is 13.